The quantitative estimate of drug-likeness (QED) is 0.272. The molecule has 0 saturated heterocycles. The Hall–Kier alpha value is -0.830. The molecule has 0 radical (unpaired) electrons. The van der Waals surface area contributed by atoms with E-state index in [9.17, 15) is 4.79 Å². The Labute approximate surface area is 80.6 Å². The zero-order valence-electron chi connectivity index (χ0n) is 8.88. The Balaban J connectivity index is 4.09. The summed E-state index contributed by atoms with van der Waals surface area (Å²) in [7, 11) is 0. The Kier molecular flexibility index (Phi) is 5.39. The number of hydrogen-bond acceptors (Lipinski definition) is 2. The van der Waals surface area contributed by atoms with Crippen molar-refractivity contribution >= 4 is 5.97 Å². The van der Waals surface area contributed by atoms with Crippen LogP contribution in [-0.4, -0.2) is 36.8 Å². The number of rotatable bonds is 6. The predicted octanol–water partition coefficient (Wildman–Crippen LogP) is 1.55. The van der Waals surface area contributed by atoms with Crippen molar-refractivity contribution in [1.29, 1.82) is 0 Å². The molecule has 0 amide bonds. The van der Waals surface area contributed by atoms with Gasteiger partial charge in [0.1, 0.15) is 0 Å². The van der Waals surface area contributed by atoms with Gasteiger partial charge in [0.05, 0.1) is 19.6 Å². The van der Waals surface area contributed by atoms with E-state index in [1.54, 1.807) is 0 Å². The molecule has 3 heteroatoms. The van der Waals surface area contributed by atoms with E-state index in [-0.39, 0.29) is 5.97 Å². The fourth-order valence-electron chi connectivity index (χ4n) is 1.20. The molecule has 0 bridgehead atoms. The van der Waals surface area contributed by atoms with E-state index in [0.717, 1.165) is 24.1 Å². The molecule has 0 aliphatic rings. The maximum Gasteiger partial charge on any atom is 0.334 e. The highest BCUT2D eigenvalue weighted by molar-refractivity contribution is 5.81. The summed E-state index contributed by atoms with van der Waals surface area (Å²) in [4.78, 5) is 10.9. The van der Waals surface area contributed by atoms with Crippen LogP contribution in [0.5, 0.6) is 0 Å². The number of carbonyl (C=O) groups excluding carboxylic acids is 1. The molecule has 3 nitrogen and oxygen atoms in total. The highest BCUT2D eigenvalue weighted by Gasteiger charge is 2.21. The molecule has 0 atom stereocenters. The lowest BCUT2D eigenvalue weighted by atomic mass is 10.4. The smallest absolute Gasteiger partial charge is 0.334 e. The molecule has 0 heterocycles. The summed E-state index contributed by atoms with van der Waals surface area (Å²) in [6.45, 7) is 13.1. The first-order valence-electron chi connectivity index (χ1n) is 4.78. The van der Waals surface area contributed by atoms with Crippen LogP contribution in [0.4, 0.5) is 0 Å². The molecular formula is C10H20NO2+. The lowest BCUT2D eigenvalue weighted by Crippen LogP contribution is -2.49. The zero-order valence-corrected chi connectivity index (χ0v) is 8.88. The zero-order chi connectivity index (χ0) is 10.3. The second-order valence-corrected chi connectivity index (χ2v) is 3.09. The van der Waals surface area contributed by atoms with Gasteiger partial charge >= 0.3 is 5.97 Å². The number of nitrogens with zero attached hydrogens (tertiary/aromatic N) is 1. The van der Waals surface area contributed by atoms with Gasteiger partial charge in [0.15, 0.2) is 0 Å². The average Bonchev–Trinajstić information content (AvgIpc) is 2.20. The Bertz CT molecular complexity index is 165. The first-order chi connectivity index (χ1) is 6.14. The van der Waals surface area contributed by atoms with Gasteiger partial charge in [-0.3, -0.25) is 4.48 Å². The molecular weight excluding hydrogens is 166 g/mol. The molecule has 0 aliphatic carbocycles. The molecule has 0 aromatic rings. The summed E-state index contributed by atoms with van der Waals surface area (Å²) in [6, 6.07) is 0. The van der Waals surface area contributed by atoms with Crippen molar-refractivity contribution in [3.8, 4) is 0 Å². The van der Waals surface area contributed by atoms with Crippen LogP contribution in [0.15, 0.2) is 12.7 Å². The number of esters is 1. The van der Waals surface area contributed by atoms with Gasteiger partial charge in [-0.2, -0.15) is 0 Å². The van der Waals surface area contributed by atoms with Gasteiger partial charge in [-0.1, -0.05) is 6.58 Å². The number of carbonyl (C=O) groups is 1. The fourth-order valence-corrected chi connectivity index (χ4v) is 1.20. The van der Waals surface area contributed by atoms with E-state index in [4.69, 9.17) is 4.74 Å². The van der Waals surface area contributed by atoms with Crippen LogP contribution in [0.1, 0.15) is 20.8 Å². The number of ether oxygens (including phenoxy) is 1. The summed E-state index contributed by atoms with van der Waals surface area (Å²) in [5, 5.41) is 0. The van der Waals surface area contributed by atoms with Crippen molar-refractivity contribution < 1.29 is 14.0 Å². The van der Waals surface area contributed by atoms with Crippen molar-refractivity contribution in [2.45, 2.75) is 20.8 Å². The first-order valence-corrected chi connectivity index (χ1v) is 4.78. The predicted molar refractivity (Wildman–Crippen MR) is 53.0 cm³/mol. The SMILES string of the molecule is C=CC(=O)OC[N+](CC)(CC)CC. The third-order valence-corrected chi connectivity index (χ3v) is 2.66. The monoisotopic (exact) mass is 186 g/mol. The fraction of sp³-hybridized carbons (Fsp3) is 0.700. The van der Waals surface area contributed by atoms with Gasteiger partial charge in [0.25, 0.3) is 0 Å². The summed E-state index contributed by atoms with van der Waals surface area (Å²) in [5.41, 5.74) is 0. The molecule has 76 valence electrons. The van der Waals surface area contributed by atoms with Gasteiger partial charge in [-0.25, -0.2) is 4.79 Å². The third-order valence-electron chi connectivity index (χ3n) is 2.66. The van der Waals surface area contributed by atoms with Gasteiger partial charge in [-0.15, -0.1) is 0 Å². The van der Waals surface area contributed by atoms with Crippen molar-refractivity contribution in [2.24, 2.45) is 0 Å². The standard InChI is InChI=1S/C10H20NO2/c1-5-10(12)13-9-11(6-2,7-3)8-4/h5H,1,6-9H2,2-4H3/q+1. The molecule has 0 N–H and O–H groups in total. The van der Waals surface area contributed by atoms with Gasteiger partial charge in [-0.05, 0) is 20.8 Å². The summed E-state index contributed by atoms with van der Waals surface area (Å²) in [6.07, 6.45) is 1.20. The molecule has 0 unspecified atom stereocenters. The maximum atomic E-state index is 10.9. The van der Waals surface area contributed by atoms with Gasteiger partial charge < -0.3 is 4.74 Å². The van der Waals surface area contributed by atoms with E-state index >= 15 is 0 Å². The summed E-state index contributed by atoms with van der Waals surface area (Å²) < 4.78 is 5.86. The summed E-state index contributed by atoms with van der Waals surface area (Å²) >= 11 is 0. The third kappa shape index (κ3) is 3.59. The lowest BCUT2D eigenvalue weighted by Gasteiger charge is -2.34. The van der Waals surface area contributed by atoms with Gasteiger partial charge in [0, 0.05) is 6.08 Å². The minimum Gasteiger partial charge on any atom is -0.412 e. The van der Waals surface area contributed by atoms with Crippen molar-refractivity contribution in [2.75, 3.05) is 26.4 Å². The molecule has 13 heavy (non-hydrogen) atoms. The van der Waals surface area contributed by atoms with Crippen LogP contribution in [0, 0.1) is 0 Å². The van der Waals surface area contributed by atoms with Crippen LogP contribution in [0.2, 0.25) is 0 Å². The Morgan fingerprint density at radius 1 is 1.31 bits per heavy atom. The van der Waals surface area contributed by atoms with Crippen LogP contribution in [-0.2, 0) is 9.53 Å². The van der Waals surface area contributed by atoms with E-state index < -0.39 is 0 Å². The average molecular weight is 186 g/mol. The minimum atomic E-state index is -0.335. The van der Waals surface area contributed by atoms with Gasteiger partial charge in [0.2, 0.25) is 6.73 Å². The molecule has 0 aromatic carbocycles. The van der Waals surface area contributed by atoms with Crippen molar-refractivity contribution in [1.82, 2.24) is 0 Å². The van der Waals surface area contributed by atoms with E-state index in [1.165, 1.54) is 6.08 Å². The minimum absolute atomic E-state index is 0.335. The Morgan fingerprint density at radius 2 is 1.77 bits per heavy atom. The topological polar surface area (TPSA) is 26.3 Å². The molecule has 0 rings (SSSR count). The van der Waals surface area contributed by atoms with Crippen molar-refractivity contribution in [3.05, 3.63) is 12.7 Å². The number of hydrogen-bond donors (Lipinski definition) is 0. The van der Waals surface area contributed by atoms with Crippen LogP contribution >= 0.6 is 0 Å². The molecule has 0 spiro atoms. The largest absolute Gasteiger partial charge is 0.412 e. The lowest BCUT2D eigenvalue weighted by molar-refractivity contribution is -0.938. The maximum absolute atomic E-state index is 10.9. The number of quaternary nitrogens is 1. The van der Waals surface area contributed by atoms with Crippen LogP contribution in [0.3, 0.4) is 0 Å². The van der Waals surface area contributed by atoms with Crippen molar-refractivity contribution in [3.63, 3.8) is 0 Å². The molecule has 0 saturated carbocycles. The normalized spacial score (nSPS) is 11.0. The van der Waals surface area contributed by atoms with Crippen LogP contribution < -0.4 is 0 Å². The highest BCUT2D eigenvalue weighted by Crippen LogP contribution is 2.05. The highest BCUT2D eigenvalue weighted by atomic mass is 16.5. The molecule has 0 aromatic heterocycles. The second-order valence-electron chi connectivity index (χ2n) is 3.09. The summed E-state index contributed by atoms with van der Waals surface area (Å²) in [5.74, 6) is -0.335. The van der Waals surface area contributed by atoms with E-state index in [2.05, 4.69) is 27.4 Å². The first kappa shape index (κ1) is 12.2. The molecule has 0 aliphatic heterocycles. The van der Waals surface area contributed by atoms with E-state index in [1.807, 2.05) is 0 Å². The second kappa shape index (κ2) is 5.75. The van der Waals surface area contributed by atoms with Crippen LogP contribution in [0.25, 0.3) is 0 Å². The van der Waals surface area contributed by atoms with E-state index in [0.29, 0.717) is 6.73 Å². The Morgan fingerprint density at radius 3 is 2.08 bits per heavy atom. The molecule has 0 fully saturated rings.